The number of nitrogens with two attached hydrogens (primary N) is 1. The van der Waals surface area contributed by atoms with Crippen molar-refractivity contribution in [3.63, 3.8) is 0 Å². The maximum absolute atomic E-state index is 12.6. The van der Waals surface area contributed by atoms with E-state index in [-0.39, 0.29) is 18.1 Å². The van der Waals surface area contributed by atoms with Crippen LogP contribution in [0.2, 0.25) is 0 Å². The van der Waals surface area contributed by atoms with E-state index in [0.717, 1.165) is 71.7 Å². The van der Waals surface area contributed by atoms with Gasteiger partial charge in [-0.3, -0.25) is 14.8 Å². The number of carbonyl (C=O) groups is 1. The number of nitrogens with zero attached hydrogens (tertiary/aromatic N) is 8. The Morgan fingerprint density at radius 3 is 2.46 bits per heavy atom. The first-order chi connectivity index (χ1) is 25.2. The maximum Gasteiger partial charge on any atom is 0.237 e. The summed E-state index contributed by atoms with van der Waals surface area (Å²) in [6.07, 6.45) is 9.25. The van der Waals surface area contributed by atoms with Gasteiger partial charge in [0.2, 0.25) is 11.8 Å². The van der Waals surface area contributed by atoms with Crippen molar-refractivity contribution in [2.45, 2.75) is 58.8 Å². The third kappa shape index (κ3) is 8.90. The van der Waals surface area contributed by atoms with Gasteiger partial charge in [-0.05, 0) is 75.9 Å². The van der Waals surface area contributed by atoms with E-state index in [1.165, 1.54) is 17.5 Å². The Morgan fingerprint density at radius 2 is 1.83 bits per heavy atom. The summed E-state index contributed by atoms with van der Waals surface area (Å²) < 4.78 is 12.8. The number of aliphatic imine (C=N–C) groups is 1. The van der Waals surface area contributed by atoms with Gasteiger partial charge in [0, 0.05) is 68.1 Å². The number of pyridine rings is 1. The lowest BCUT2D eigenvalue weighted by Gasteiger charge is -2.28. The van der Waals surface area contributed by atoms with Crippen molar-refractivity contribution >= 4 is 34.4 Å². The molecule has 2 aliphatic rings. The molecule has 1 saturated heterocycles. The van der Waals surface area contributed by atoms with Crippen molar-refractivity contribution in [2.75, 3.05) is 39.8 Å². The summed E-state index contributed by atoms with van der Waals surface area (Å²) >= 11 is 0. The van der Waals surface area contributed by atoms with Crippen LogP contribution in [0.3, 0.4) is 0 Å². The lowest BCUT2D eigenvalue weighted by Crippen LogP contribution is -2.41. The summed E-state index contributed by atoms with van der Waals surface area (Å²) in [6.45, 7) is 11.9. The quantitative estimate of drug-likeness (QED) is 0.134. The molecule has 0 radical (unpaired) electrons. The van der Waals surface area contributed by atoms with Crippen LogP contribution < -0.4 is 10.5 Å². The van der Waals surface area contributed by atoms with Crippen molar-refractivity contribution in [1.82, 2.24) is 39.7 Å². The molecule has 2 aliphatic heterocycles. The van der Waals surface area contributed by atoms with Crippen molar-refractivity contribution in [3.05, 3.63) is 78.8 Å². The van der Waals surface area contributed by atoms with Crippen LogP contribution >= 0.6 is 0 Å². The summed E-state index contributed by atoms with van der Waals surface area (Å²) in [5.41, 5.74) is 12.3. The first-order valence-corrected chi connectivity index (χ1v) is 17.8. The Balaban J connectivity index is 0.000000187. The molecule has 3 aromatic heterocycles. The van der Waals surface area contributed by atoms with Gasteiger partial charge >= 0.3 is 0 Å². The molecule has 0 saturated carbocycles. The van der Waals surface area contributed by atoms with Gasteiger partial charge in [0.15, 0.2) is 5.82 Å². The molecule has 13 heteroatoms. The van der Waals surface area contributed by atoms with Crippen molar-refractivity contribution in [2.24, 2.45) is 10.7 Å². The van der Waals surface area contributed by atoms with Crippen LogP contribution in [-0.2, 0) is 9.53 Å². The van der Waals surface area contributed by atoms with Gasteiger partial charge in [0.25, 0.3) is 0 Å². The van der Waals surface area contributed by atoms with Gasteiger partial charge in [-0.15, -0.1) is 0 Å². The van der Waals surface area contributed by atoms with Crippen LogP contribution in [0.25, 0.3) is 39.1 Å². The summed E-state index contributed by atoms with van der Waals surface area (Å²) in [4.78, 5) is 29.6. The van der Waals surface area contributed by atoms with E-state index >= 15 is 0 Å². The number of amides is 1. The molecule has 2 aromatic carbocycles. The van der Waals surface area contributed by atoms with Crippen LogP contribution in [-0.4, -0.2) is 104 Å². The number of nitrogens with one attached hydrogen (secondary N) is 1. The smallest absolute Gasteiger partial charge is 0.237 e. The SMILES string of the molecule is CC(C)Oc1ccc(-c2n[nH]c3ccc(N=CN)cc23)cn1.CO[C@H]1CCN(CC(=O)N2CC=C(c3ccc(-c4ncn(C(C)C)n4)cc3)CC2)C1. The Bertz CT molecular complexity index is 2000. The number of hydrogen-bond donors (Lipinski definition) is 2. The van der Waals surface area contributed by atoms with E-state index in [9.17, 15) is 4.79 Å². The minimum absolute atomic E-state index is 0.0984. The van der Waals surface area contributed by atoms with E-state index in [1.807, 2.05) is 53.8 Å². The van der Waals surface area contributed by atoms with Crippen LogP contribution in [0, 0.1) is 0 Å². The Morgan fingerprint density at radius 1 is 1.04 bits per heavy atom. The fraction of sp³-hybridized carbons (Fsp3) is 0.385. The highest BCUT2D eigenvalue weighted by molar-refractivity contribution is 5.94. The van der Waals surface area contributed by atoms with Gasteiger partial charge in [0.1, 0.15) is 12.0 Å². The molecule has 3 N–H and O–H groups in total. The predicted molar refractivity (Wildman–Crippen MR) is 204 cm³/mol. The van der Waals surface area contributed by atoms with Gasteiger partial charge in [-0.1, -0.05) is 30.3 Å². The fourth-order valence-electron chi connectivity index (χ4n) is 6.29. The molecule has 13 nitrogen and oxygen atoms in total. The average Bonchev–Trinajstić information content (AvgIpc) is 3.93. The van der Waals surface area contributed by atoms with Crippen molar-refractivity contribution in [3.8, 4) is 28.5 Å². The van der Waals surface area contributed by atoms with Gasteiger partial charge in [0.05, 0.1) is 36.3 Å². The monoisotopic (exact) mass is 704 g/mol. The normalized spacial score (nSPS) is 16.5. The lowest BCUT2D eigenvalue weighted by atomic mass is 9.98. The molecule has 272 valence electrons. The first-order valence-electron chi connectivity index (χ1n) is 17.8. The Hall–Kier alpha value is -5.40. The lowest BCUT2D eigenvalue weighted by molar-refractivity contribution is -0.131. The first kappa shape index (κ1) is 36.4. The number of ether oxygens (including phenoxy) is 2. The molecule has 0 aliphatic carbocycles. The molecule has 5 heterocycles. The number of likely N-dealkylation sites (tertiary alicyclic amines) is 1. The summed E-state index contributed by atoms with van der Waals surface area (Å²) in [7, 11) is 1.74. The van der Waals surface area contributed by atoms with Gasteiger partial charge in [-0.25, -0.2) is 19.6 Å². The number of rotatable bonds is 10. The maximum atomic E-state index is 12.6. The number of H-pyrrole nitrogens is 1. The minimum Gasteiger partial charge on any atom is -0.475 e. The molecule has 1 fully saturated rings. The number of hydrogen-bond acceptors (Lipinski definition) is 9. The number of carbonyl (C=O) groups excluding carboxylic acids is 1. The van der Waals surface area contributed by atoms with E-state index in [4.69, 9.17) is 15.2 Å². The van der Waals surface area contributed by atoms with E-state index < -0.39 is 0 Å². The summed E-state index contributed by atoms with van der Waals surface area (Å²) in [5.74, 6) is 1.57. The molecular weight excluding hydrogens is 656 g/mol. The molecule has 0 unspecified atom stereocenters. The topological polar surface area (TPSA) is 153 Å². The van der Waals surface area contributed by atoms with Crippen molar-refractivity contribution < 1.29 is 14.3 Å². The van der Waals surface area contributed by atoms with Crippen LogP contribution in [0.5, 0.6) is 5.88 Å². The largest absolute Gasteiger partial charge is 0.475 e. The second-order valence-corrected chi connectivity index (χ2v) is 13.6. The molecule has 7 rings (SSSR count). The predicted octanol–water partition coefficient (Wildman–Crippen LogP) is 5.89. The minimum atomic E-state index is 0.0984. The molecule has 1 amide bonds. The highest BCUT2D eigenvalue weighted by Gasteiger charge is 2.26. The highest BCUT2D eigenvalue weighted by Crippen LogP contribution is 2.30. The number of benzene rings is 2. The van der Waals surface area contributed by atoms with E-state index in [1.54, 1.807) is 19.6 Å². The van der Waals surface area contributed by atoms with E-state index in [0.29, 0.717) is 25.0 Å². The second kappa shape index (κ2) is 16.7. The number of fused-ring (bicyclic) bond motifs is 1. The second-order valence-electron chi connectivity index (χ2n) is 13.6. The number of aromatic nitrogens is 6. The zero-order chi connectivity index (χ0) is 36.6. The zero-order valence-electron chi connectivity index (χ0n) is 30.6. The van der Waals surface area contributed by atoms with Crippen LogP contribution in [0.4, 0.5) is 5.69 Å². The third-order valence-corrected chi connectivity index (χ3v) is 9.17. The molecule has 1 atom stereocenters. The van der Waals surface area contributed by atoms with Gasteiger partial charge < -0.3 is 20.1 Å². The van der Waals surface area contributed by atoms with Crippen LogP contribution in [0.15, 0.2) is 78.2 Å². The molecule has 52 heavy (non-hydrogen) atoms. The van der Waals surface area contributed by atoms with Gasteiger partial charge in [-0.2, -0.15) is 10.2 Å². The standard InChI is InChI=1S/C23H31N5O2.C16H17N5O/c1-17(2)28-16-24-23(25-28)20-6-4-18(5-7-20)19-8-12-27(13-9-19)22(29)15-26-11-10-21(14-26)30-3;1-10(2)22-15-6-3-11(8-18-15)16-13-7-12(19-9-17)4-5-14(13)20-21-16/h4-8,16-17,21H,9-15H2,1-3H3;3-10H,1-2H3,(H2,17,19)(H,20,21)/t21-;/m0./s1. The molecule has 5 aromatic rings. The van der Waals surface area contributed by atoms with E-state index in [2.05, 4.69) is 79.3 Å². The zero-order valence-corrected chi connectivity index (χ0v) is 30.6. The Kier molecular flexibility index (Phi) is 11.7. The third-order valence-electron chi connectivity index (χ3n) is 9.17. The van der Waals surface area contributed by atoms with Crippen molar-refractivity contribution in [1.29, 1.82) is 0 Å². The molecule has 0 bridgehead atoms. The average molecular weight is 705 g/mol. The Labute approximate surface area is 304 Å². The number of aromatic amines is 1. The fourth-order valence-corrected chi connectivity index (χ4v) is 6.29. The highest BCUT2D eigenvalue weighted by atomic mass is 16.5. The summed E-state index contributed by atoms with van der Waals surface area (Å²) in [6, 6.07) is 18.3. The number of methoxy groups -OCH3 is 1. The van der Waals surface area contributed by atoms with Crippen LogP contribution in [0.1, 0.15) is 52.1 Å². The molecular formula is C39H48N10O3. The molecule has 0 spiro atoms. The summed E-state index contributed by atoms with van der Waals surface area (Å²) in [5, 5.41) is 12.9.